The van der Waals surface area contributed by atoms with E-state index in [1.165, 1.54) is 7.05 Å². The molecule has 1 rings (SSSR count). The summed E-state index contributed by atoms with van der Waals surface area (Å²) in [7, 11) is 1.48. The Balaban J connectivity index is 2.66. The minimum Gasteiger partial charge on any atom is -0.410 e. The lowest BCUT2D eigenvalue weighted by molar-refractivity contribution is -0.120. The first-order chi connectivity index (χ1) is 9.06. The molecule has 0 saturated carbocycles. The van der Waals surface area contributed by atoms with E-state index in [4.69, 9.17) is 9.47 Å². The number of hydrogen-bond acceptors (Lipinski definition) is 4. The van der Waals surface area contributed by atoms with E-state index in [2.05, 4.69) is 10.6 Å². The summed E-state index contributed by atoms with van der Waals surface area (Å²) in [6.07, 6.45) is -0.535. The van der Waals surface area contributed by atoms with Gasteiger partial charge in [0.25, 0.3) is 0 Å². The van der Waals surface area contributed by atoms with Gasteiger partial charge in [0.2, 0.25) is 5.91 Å². The maximum atomic E-state index is 11.5. The second-order valence-corrected chi connectivity index (χ2v) is 3.80. The highest BCUT2D eigenvalue weighted by Crippen LogP contribution is 2.21. The van der Waals surface area contributed by atoms with Crippen LogP contribution in [0.25, 0.3) is 0 Å². The van der Waals surface area contributed by atoms with Gasteiger partial charge in [0.15, 0.2) is 0 Å². The van der Waals surface area contributed by atoms with E-state index in [-0.39, 0.29) is 12.5 Å². The molecule has 0 saturated heterocycles. The molecule has 6 heteroatoms. The molecule has 1 aromatic carbocycles. The predicted octanol–water partition coefficient (Wildman–Crippen LogP) is 1.69. The summed E-state index contributed by atoms with van der Waals surface area (Å²) in [4.78, 5) is 22.6. The van der Waals surface area contributed by atoms with Gasteiger partial charge in [0, 0.05) is 19.3 Å². The molecule has 0 spiro atoms. The molecular formula is C13H18N2O4. The molecule has 2 N–H and O–H groups in total. The van der Waals surface area contributed by atoms with Crippen molar-refractivity contribution in [2.75, 3.05) is 25.6 Å². The Kier molecular flexibility index (Phi) is 5.81. The summed E-state index contributed by atoms with van der Waals surface area (Å²) in [5.41, 5.74) is 1.46. The number of rotatable bonds is 5. The van der Waals surface area contributed by atoms with Gasteiger partial charge in [-0.25, -0.2) is 4.79 Å². The Labute approximate surface area is 112 Å². The third-order valence-corrected chi connectivity index (χ3v) is 2.32. The molecule has 0 aliphatic heterocycles. The molecule has 0 aromatic heterocycles. The lowest BCUT2D eigenvalue weighted by atomic mass is 10.2. The minimum atomic E-state index is -0.535. The van der Waals surface area contributed by atoms with Gasteiger partial charge >= 0.3 is 6.09 Å². The molecule has 0 atom stereocenters. The van der Waals surface area contributed by atoms with Crippen LogP contribution in [0.1, 0.15) is 12.5 Å². The molecule has 0 fully saturated rings. The molecule has 0 unspecified atom stereocenters. The summed E-state index contributed by atoms with van der Waals surface area (Å²) in [5, 5.41) is 5.07. The van der Waals surface area contributed by atoms with E-state index in [1.807, 2.05) is 13.8 Å². The van der Waals surface area contributed by atoms with Gasteiger partial charge in [-0.3, -0.25) is 4.79 Å². The van der Waals surface area contributed by atoms with Gasteiger partial charge in [-0.1, -0.05) is 0 Å². The number of nitrogens with one attached hydrogen (secondary N) is 2. The number of ether oxygens (including phenoxy) is 2. The van der Waals surface area contributed by atoms with Crippen LogP contribution in [0.3, 0.4) is 0 Å². The van der Waals surface area contributed by atoms with Crippen molar-refractivity contribution in [1.29, 1.82) is 0 Å². The van der Waals surface area contributed by atoms with Crippen molar-refractivity contribution in [3.8, 4) is 5.75 Å². The summed E-state index contributed by atoms with van der Waals surface area (Å²) in [6.45, 7) is 4.15. The Bertz CT molecular complexity index is 460. The number of carbonyl (C=O) groups excluding carboxylic acids is 2. The van der Waals surface area contributed by atoms with Gasteiger partial charge in [0.05, 0.1) is 0 Å². The summed E-state index contributed by atoms with van der Waals surface area (Å²) in [6, 6.07) is 4.96. The van der Waals surface area contributed by atoms with E-state index >= 15 is 0 Å². The first-order valence-electron chi connectivity index (χ1n) is 5.94. The number of carbonyl (C=O) groups is 2. The highest BCUT2D eigenvalue weighted by atomic mass is 16.5. The van der Waals surface area contributed by atoms with Crippen molar-refractivity contribution in [2.24, 2.45) is 0 Å². The maximum Gasteiger partial charge on any atom is 0.412 e. The summed E-state index contributed by atoms with van der Waals surface area (Å²) >= 11 is 0. The van der Waals surface area contributed by atoms with E-state index in [0.29, 0.717) is 18.0 Å². The third kappa shape index (κ3) is 4.97. The third-order valence-electron chi connectivity index (χ3n) is 2.32. The fourth-order valence-electron chi connectivity index (χ4n) is 1.38. The highest BCUT2D eigenvalue weighted by molar-refractivity contribution is 5.92. The van der Waals surface area contributed by atoms with Crippen LogP contribution >= 0.6 is 0 Å². The largest absolute Gasteiger partial charge is 0.412 e. The van der Waals surface area contributed by atoms with Crippen LogP contribution in [-0.2, 0) is 9.53 Å². The van der Waals surface area contributed by atoms with E-state index in [1.54, 1.807) is 18.2 Å². The van der Waals surface area contributed by atoms with Gasteiger partial charge in [0.1, 0.15) is 12.4 Å². The Hall–Kier alpha value is -2.08. The van der Waals surface area contributed by atoms with Crippen LogP contribution < -0.4 is 15.4 Å². The highest BCUT2D eigenvalue weighted by Gasteiger charge is 2.07. The maximum absolute atomic E-state index is 11.5. The SMILES string of the molecule is CCOCC(=O)Nc1ccc(OC(=O)NC)cc1C. The molecule has 0 aliphatic carbocycles. The second-order valence-electron chi connectivity index (χ2n) is 3.80. The van der Waals surface area contributed by atoms with Crippen LogP contribution in [-0.4, -0.2) is 32.3 Å². The molecule has 2 amide bonds. The molecule has 0 aliphatic rings. The smallest absolute Gasteiger partial charge is 0.410 e. The molecule has 0 bridgehead atoms. The number of benzene rings is 1. The van der Waals surface area contributed by atoms with E-state index < -0.39 is 6.09 Å². The Morgan fingerprint density at radius 3 is 2.63 bits per heavy atom. The van der Waals surface area contributed by atoms with Gasteiger partial charge < -0.3 is 20.1 Å². The van der Waals surface area contributed by atoms with Crippen molar-refractivity contribution in [1.82, 2.24) is 5.32 Å². The van der Waals surface area contributed by atoms with Crippen LogP contribution in [0.15, 0.2) is 18.2 Å². The van der Waals surface area contributed by atoms with Gasteiger partial charge in [-0.15, -0.1) is 0 Å². The van der Waals surface area contributed by atoms with E-state index in [0.717, 1.165) is 5.56 Å². The standard InChI is InChI=1S/C13H18N2O4/c1-4-18-8-12(16)15-11-6-5-10(7-9(11)2)19-13(17)14-3/h5-7H,4,8H2,1-3H3,(H,14,17)(H,15,16). The number of hydrogen-bond donors (Lipinski definition) is 2. The Morgan fingerprint density at radius 1 is 1.32 bits per heavy atom. The van der Waals surface area contributed by atoms with Gasteiger partial charge in [-0.05, 0) is 37.6 Å². The average molecular weight is 266 g/mol. The normalized spacial score (nSPS) is 9.84. The summed E-state index contributed by atoms with van der Waals surface area (Å²) < 4.78 is 9.99. The molecule has 19 heavy (non-hydrogen) atoms. The fourth-order valence-corrected chi connectivity index (χ4v) is 1.38. The lowest BCUT2D eigenvalue weighted by Crippen LogP contribution is -2.22. The lowest BCUT2D eigenvalue weighted by Gasteiger charge is -2.10. The van der Waals surface area contributed by atoms with Crippen LogP contribution in [0.5, 0.6) is 5.75 Å². The molecular weight excluding hydrogens is 248 g/mol. The van der Waals surface area contributed by atoms with Crippen molar-refractivity contribution in [2.45, 2.75) is 13.8 Å². The molecule has 0 heterocycles. The van der Waals surface area contributed by atoms with Gasteiger partial charge in [-0.2, -0.15) is 0 Å². The van der Waals surface area contributed by atoms with Crippen LogP contribution in [0.4, 0.5) is 10.5 Å². The molecule has 1 aromatic rings. The van der Waals surface area contributed by atoms with Crippen molar-refractivity contribution in [3.05, 3.63) is 23.8 Å². The first-order valence-corrected chi connectivity index (χ1v) is 5.94. The quantitative estimate of drug-likeness (QED) is 0.850. The molecule has 104 valence electrons. The number of aryl methyl sites for hydroxylation is 1. The summed E-state index contributed by atoms with van der Waals surface area (Å²) in [5.74, 6) is 0.199. The number of amides is 2. The van der Waals surface area contributed by atoms with E-state index in [9.17, 15) is 9.59 Å². The first kappa shape index (κ1) is 15.0. The van der Waals surface area contributed by atoms with Crippen molar-refractivity contribution >= 4 is 17.7 Å². The van der Waals surface area contributed by atoms with Crippen LogP contribution in [0.2, 0.25) is 0 Å². The zero-order chi connectivity index (χ0) is 14.3. The topological polar surface area (TPSA) is 76.7 Å². The number of anilines is 1. The Morgan fingerprint density at radius 2 is 2.05 bits per heavy atom. The fraction of sp³-hybridized carbons (Fsp3) is 0.385. The predicted molar refractivity (Wildman–Crippen MR) is 71.4 cm³/mol. The minimum absolute atomic E-state index is 0.0203. The van der Waals surface area contributed by atoms with Crippen molar-refractivity contribution < 1.29 is 19.1 Å². The second kappa shape index (κ2) is 7.38. The van der Waals surface area contributed by atoms with Crippen molar-refractivity contribution in [3.63, 3.8) is 0 Å². The molecule has 6 nitrogen and oxygen atoms in total. The zero-order valence-electron chi connectivity index (χ0n) is 11.3. The zero-order valence-corrected chi connectivity index (χ0v) is 11.3. The van der Waals surface area contributed by atoms with Crippen LogP contribution in [0, 0.1) is 6.92 Å². The molecule has 0 radical (unpaired) electrons. The monoisotopic (exact) mass is 266 g/mol. The average Bonchev–Trinajstić information content (AvgIpc) is 2.39.